The molecular weight excluding hydrogens is 424 g/mol. The van der Waals surface area contributed by atoms with Gasteiger partial charge in [0.25, 0.3) is 0 Å². The average molecular weight is 451 g/mol. The molecule has 6 heterocycles. The van der Waals surface area contributed by atoms with E-state index in [9.17, 15) is 0 Å². The van der Waals surface area contributed by atoms with Gasteiger partial charge < -0.3 is 14.2 Å². The second kappa shape index (κ2) is 8.41. The maximum absolute atomic E-state index is 5.41. The minimum Gasteiger partial charge on any atom is -0.442 e. The Bertz CT molecular complexity index is 1360. The zero-order valence-corrected chi connectivity index (χ0v) is 19.3. The van der Waals surface area contributed by atoms with Crippen LogP contribution in [0.25, 0.3) is 22.7 Å². The first-order valence-corrected chi connectivity index (χ1v) is 11.7. The number of amidine groups is 1. The molecule has 3 aromatic heterocycles. The van der Waals surface area contributed by atoms with Gasteiger partial charge in [0.15, 0.2) is 23.8 Å². The molecule has 7 rings (SSSR count). The van der Waals surface area contributed by atoms with E-state index >= 15 is 0 Å². The largest absolute Gasteiger partial charge is 0.442 e. The normalized spacial score (nSPS) is 16.0. The Morgan fingerprint density at radius 2 is 1.85 bits per heavy atom. The smallest absolute Gasteiger partial charge is 0.181 e. The van der Waals surface area contributed by atoms with Gasteiger partial charge in [0.2, 0.25) is 0 Å². The number of piperidine rings is 1. The van der Waals surface area contributed by atoms with E-state index in [2.05, 4.69) is 70.0 Å². The third kappa shape index (κ3) is 3.73. The molecule has 4 aromatic rings. The number of oxazole rings is 1. The van der Waals surface area contributed by atoms with Gasteiger partial charge in [-0.25, -0.2) is 19.9 Å². The van der Waals surface area contributed by atoms with Crippen molar-refractivity contribution in [2.24, 2.45) is 4.99 Å². The quantitative estimate of drug-likeness (QED) is 0.297. The highest BCUT2D eigenvalue weighted by Gasteiger charge is 2.35. The number of rotatable bonds is 3. The van der Waals surface area contributed by atoms with Crippen LogP contribution in [0.2, 0.25) is 0 Å². The van der Waals surface area contributed by atoms with Gasteiger partial charge in [-0.05, 0) is 57.0 Å². The summed E-state index contributed by atoms with van der Waals surface area (Å²) in [5.74, 6) is 3.14. The Morgan fingerprint density at radius 1 is 1.00 bits per heavy atom. The number of pyridine rings is 2. The second-order valence-electron chi connectivity index (χ2n) is 8.90. The number of anilines is 2. The Labute approximate surface area is 198 Å². The molecule has 7 heteroatoms. The predicted molar refractivity (Wildman–Crippen MR) is 135 cm³/mol. The zero-order valence-electron chi connectivity index (χ0n) is 19.3. The van der Waals surface area contributed by atoms with E-state index in [1.54, 1.807) is 6.20 Å². The van der Waals surface area contributed by atoms with Crippen molar-refractivity contribution < 1.29 is 4.42 Å². The molecular formula is C27H26N6O. The molecule has 170 valence electrons. The SMILES string of the molecule is CC(=Nc1cccc(-c2cnco2)n1)N1c2nc(-c3cccc(C)c3)ccc2N2CCC1CC2. The van der Waals surface area contributed by atoms with Gasteiger partial charge in [0.05, 0.1) is 17.6 Å². The fraction of sp³-hybridized carbons (Fsp3) is 0.259. The summed E-state index contributed by atoms with van der Waals surface area (Å²) in [7, 11) is 0. The van der Waals surface area contributed by atoms with Gasteiger partial charge in [-0.15, -0.1) is 0 Å². The highest BCUT2D eigenvalue weighted by atomic mass is 16.3. The van der Waals surface area contributed by atoms with E-state index in [1.807, 2.05) is 18.2 Å². The minimum atomic E-state index is 0.360. The number of benzene rings is 1. The molecule has 2 bridgehead atoms. The molecule has 1 fully saturated rings. The van der Waals surface area contributed by atoms with Crippen molar-refractivity contribution >= 4 is 23.2 Å². The van der Waals surface area contributed by atoms with Crippen LogP contribution in [0.3, 0.4) is 0 Å². The molecule has 7 nitrogen and oxygen atoms in total. The molecule has 0 amide bonds. The third-order valence-electron chi connectivity index (χ3n) is 6.61. The first kappa shape index (κ1) is 20.6. The Balaban J connectivity index is 1.43. The minimum absolute atomic E-state index is 0.360. The van der Waals surface area contributed by atoms with Crippen LogP contribution in [0.4, 0.5) is 17.3 Å². The van der Waals surface area contributed by atoms with E-state index in [0.29, 0.717) is 17.6 Å². The van der Waals surface area contributed by atoms with Crippen LogP contribution in [0.1, 0.15) is 25.3 Å². The summed E-state index contributed by atoms with van der Waals surface area (Å²) in [6, 6.07) is 19.0. The van der Waals surface area contributed by atoms with Gasteiger partial charge in [0, 0.05) is 24.7 Å². The summed E-state index contributed by atoms with van der Waals surface area (Å²) in [6.07, 6.45) is 5.23. The van der Waals surface area contributed by atoms with Gasteiger partial charge in [-0.1, -0.05) is 29.8 Å². The highest BCUT2D eigenvalue weighted by molar-refractivity contribution is 6.00. The van der Waals surface area contributed by atoms with E-state index < -0.39 is 0 Å². The maximum atomic E-state index is 5.41. The van der Waals surface area contributed by atoms with E-state index in [-0.39, 0.29) is 0 Å². The molecule has 0 aliphatic carbocycles. The lowest BCUT2D eigenvalue weighted by atomic mass is 10.1. The number of nitrogens with zero attached hydrogens (tertiary/aromatic N) is 6. The third-order valence-corrected chi connectivity index (χ3v) is 6.61. The lowest BCUT2D eigenvalue weighted by Crippen LogP contribution is -2.43. The summed E-state index contributed by atoms with van der Waals surface area (Å²) in [6.45, 7) is 6.24. The van der Waals surface area contributed by atoms with Crippen molar-refractivity contribution in [1.29, 1.82) is 0 Å². The second-order valence-corrected chi connectivity index (χ2v) is 8.90. The highest BCUT2D eigenvalue weighted by Crippen LogP contribution is 2.39. The van der Waals surface area contributed by atoms with Crippen molar-refractivity contribution in [1.82, 2.24) is 15.0 Å². The topological polar surface area (TPSA) is 70.6 Å². The summed E-state index contributed by atoms with van der Waals surface area (Å²) in [4.78, 5) is 23.6. The van der Waals surface area contributed by atoms with Crippen LogP contribution in [0.15, 0.2) is 76.6 Å². The summed E-state index contributed by atoms with van der Waals surface area (Å²) in [5.41, 5.74) is 5.23. The van der Waals surface area contributed by atoms with Crippen molar-refractivity contribution in [2.45, 2.75) is 32.7 Å². The van der Waals surface area contributed by atoms with Crippen molar-refractivity contribution in [3.05, 3.63) is 72.8 Å². The van der Waals surface area contributed by atoms with Crippen molar-refractivity contribution in [3.8, 4) is 22.7 Å². The standard InChI is InChI=1S/C27H26N6O/c1-18-5-3-6-20(15-18)22-9-10-24-27(31-22)33(21-11-13-32(24)14-12-21)19(2)29-26-8-4-7-23(30-26)25-16-28-17-34-25/h3-10,15-17,21H,11-14H2,1-2H3. The molecule has 0 radical (unpaired) electrons. The maximum Gasteiger partial charge on any atom is 0.181 e. The number of fused-ring (bicyclic) bond motifs is 2. The Hall–Kier alpha value is -4.00. The Morgan fingerprint density at radius 3 is 2.65 bits per heavy atom. The van der Waals surface area contributed by atoms with Crippen molar-refractivity contribution in [2.75, 3.05) is 22.9 Å². The summed E-state index contributed by atoms with van der Waals surface area (Å²) in [5, 5.41) is 0. The molecule has 0 saturated carbocycles. The summed E-state index contributed by atoms with van der Waals surface area (Å²) >= 11 is 0. The lowest BCUT2D eigenvalue weighted by Gasteiger charge is -2.32. The molecule has 3 aliphatic heterocycles. The van der Waals surface area contributed by atoms with Gasteiger partial charge in [-0.2, -0.15) is 0 Å². The van der Waals surface area contributed by atoms with Gasteiger partial charge in [0.1, 0.15) is 11.5 Å². The number of aromatic nitrogens is 3. The number of aryl methyl sites for hydroxylation is 1. The van der Waals surface area contributed by atoms with Crippen molar-refractivity contribution in [3.63, 3.8) is 0 Å². The Kier molecular flexibility index (Phi) is 5.09. The lowest BCUT2D eigenvalue weighted by molar-refractivity contribution is 0.513. The molecule has 1 aromatic carbocycles. The molecule has 0 atom stereocenters. The first-order valence-electron chi connectivity index (χ1n) is 11.7. The van der Waals surface area contributed by atoms with E-state index in [0.717, 1.165) is 54.5 Å². The van der Waals surface area contributed by atoms with Crippen LogP contribution >= 0.6 is 0 Å². The average Bonchev–Trinajstić information content (AvgIpc) is 3.30. The fourth-order valence-electron chi connectivity index (χ4n) is 4.97. The fourth-order valence-corrected chi connectivity index (χ4v) is 4.97. The monoisotopic (exact) mass is 450 g/mol. The number of hydrogen-bond donors (Lipinski definition) is 0. The van der Waals surface area contributed by atoms with E-state index in [1.165, 1.54) is 17.6 Å². The van der Waals surface area contributed by atoms with E-state index in [4.69, 9.17) is 14.4 Å². The predicted octanol–water partition coefficient (Wildman–Crippen LogP) is 5.65. The number of aliphatic imine (C=N–C) groups is 1. The van der Waals surface area contributed by atoms with Crippen LogP contribution < -0.4 is 9.80 Å². The van der Waals surface area contributed by atoms with Gasteiger partial charge in [-0.3, -0.25) is 0 Å². The molecule has 1 saturated heterocycles. The van der Waals surface area contributed by atoms with Gasteiger partial charge >= 0.3 is 0 Å². The number of hydrogen-bond acceptors (Lipinski definition) is 6. The molecule has 3 aliphatic rings. The van der Waals surface area contributed by atoms with Crippen LogP contribution in [0, 0.1) is 6.92 Å². The zero-order chi connectivity index (χ0) is 23.1. The molecule has 34 heavy (non-hydrogen) atoms. The van der Waals surface area contributed by atoms with Crippen LogP contribution in [0.5, 0.6) is 0 Å². The summed E-state index contributed by atoms with van der Waals surface area (Å²) < 4.78 is 5.41. The van der Waals surface area contributed by atoms with Crippen LogP contribution in [-0.4, -0.2) is 39.9 Å². The van der Waals surface area contributed by atoms with Crippen LogP contribution in [-0.2, 0) is 0 Å². The first-order chi connectivity index (χ1) is 16.7. The molecule has 0 spiro atoms. The molecule has 0 unspecified atom stereocenters. The molecule has 0 N–H and O–H groups in total.